The predicted molar refractivity (Wildman–Crippen MR) is 77.7 cm³/mol. The normalized spacial score (nSPS) is 10.3. The first-order valence-corrected chi connectivity index (χ1v) is 6.80. The van der Waals surface area contributed by atoms with E-state index in [2.05, 4.69) is 5.32 Å². The average molecular weight is 308 g/mol. The Morgan fingerprint density at radius 1 is 1.10 bits per heavy atom. The highest BCUT2D eigenvalue weighted by Gasteiger charge is 2.19. The fourth-order valence-corrected chi connectivity index (χ4v) is 2.54. The van der Waals surface area contributed by atoms with Crippen molar-refractivity contribution >= 4 is 45.1 Å². The minimum atomic E-state index is -1.28. The van der Waals surface area contributed by atoms with E-state index in [9.17, 15) is 14.4 Å². The number of rotatable bonds is 5. The first kappa shape index (κ1) is 14.8. The molecule has 0 saturated carbocycles. The summed E-state index contributed by atoms with van der Waals surface area (Å²) in [6.07, 6.45) is 0. The van der Waals surface area contributed by atoms with E-state index in [1.54, 1.807) is 23.5 Å². The summed E-state index contributed by atoms with van der Waals surface area (Å²) < 4.78 is 1.06. The average Bonchev–Trinajstić information content (AvgIpc) is 2.84. The molecule has 0 spiro atoms. The number of hydrogen-bond donors (Lipinski definition) is 3. The van der Waals surface area contributed by atoms with Gasteiger partial charge in [0.1, 0.15) is 13.1 Å². The molecule has 8 heteroatoms. The highest BCUT2D eigenvalue weighted by atomic mass is 32.1. The van der Waals surface area contributed by atoms with Gasteiger partial charge in [-0.05, 0) is 35.0 Å². The van der Waals surface area contributed by atoms with Gasteiger partial charge in [0.15, 0.2) is 0 Å². The van der Waals surface area contributed by atoms with Crippen LogP contribution in [0.25, 0.3) is 10.1 Å². The van der Waals surface area contributed by atoms with Crippen molar-refractivity contribution in [2.45, 2.75) is 0 Å². The minimum absolute atomic E-state index is 0.478. The number of carboxylic acids is 2. The Hall–Kier alpha value is -2.61. The van der Waals surface area contributed by atoms with Crippen molar-refractivity contribution in [2.75, 3.05) is 18.4 Å². The third-order valence-electron chi connectivity index (χ3n) is 2.64. The zero-order valence-corrected chi connectivity index (χ0v) is 11.6. The van der Waals surface area contributed by atoms with Crippen molar-refractivity contribution in [3.63, 3.8) is 0 Å². The van der Waals surface area contributed by atoms with E-state index in [-0.39, 0.29) is 0 Å². The van der Waals surface area contributed by atoms with E-state index < -0.39 is 31.1 Å². The molecule has 0 radical (unpaired) electrons. The molecule has 0 aliphatic heterocycles. The number of carbonyl (C=O) groups is 3. The third kappa shape index (κ3) is 3.93. The molecule has 0 saturated heterocycles. The molecular weight excluding hydrogens is 296 g/mol. The number of aliphatic carboxylic acids is 2. The lowest BCUT2D eigenvalue weighted by Crippen LogP contribution is -2.41. The molecule has 7 nitrogen and oxygen atoms in total. The van der Waals surface area contributed by atoms with Gasteiger partial charge in [-0.3, -0.25) is 9.59 Å². The van der Waals surface area contributed by atoms with Crippen LogP contribution in [0.4, 0.5) is 10.5 Å². The van der Waals surface area contributed by atoms with Crippen molar-refractivity contribution in [1.82, 2.24) is 4.90 Å². The Bertz CT molecular complexity index is 681. The van der Waals surface area contributed by atoms with Crippen LogP contribution in [-0.4, -0.2) is 46.2 Å². The number of nitrogens with one attached hydrogen (secondary N) is 1. The third-order valence-corrected chi connectivity index (χ3v) is 3.54. The Labute approximate surface area is 123 Å². The highest BCUT2D eigenvalue weighted by molar-refractivity contribution is 7.17. The Kier molecular flexibility index (Phi) is 4.39. The number of amides is 2. The van der Waals surface area contributed by atoms with E-state index in [4.69, 9.17) is 10.2 Å². The van der Waals surface area contributed by atoms with E-state index in [1.807, 2.05) is 17.5 Å². The van der Waals surface area contributed by atoms with Crippen molar-refractivity contribution in [3.05, 3.63) is 29.6 Å². The summed E-state index contributed by atoms with van der Waals surface area (Å²) in [7, 11) is 0. The molecule has 0 atom stereocenters. The van der Waals surface area contributed by atoms with Gasteiger partial charge in [0.25, 0.3) is 0 Å². The molecule has 0 aliphatic rings. The lowest BCUT2D eigenvalue weighted by atomic mass is 10.2. The van der Waals surface area contributed by atoms with Gasteiger partial charge in [-0.25, -0.2) is 4.79 Å². The van der Waals surface area contributed by atoms with Crippen molar-refractivity contribution in [2.24, 2.45) is 0 Å². The van der Waals surface area contributed by atoms with Gasteiger partial charge in [0, 0.05) is 10.4 Å². The molecule has 0 unspecified atom stereocenters. The molecule has 1 aromatic heterocycles. The molecule has 3 N–H and O–H groups in total. The zero-order chi connectivity index (χ0) is 15.4. The van der Waals surface area contributed by atoms with Gasteiger partial charge >= 0.3 is 18.0 Å². The lowest BCUT2D eigenvalue weighted by molar-refractivity contribution is -0.140. The predicted octanol–water partition coefficient (Wildman–Crippen LogP) is 1.90. The molecular formula is C13H12N2O5S. The van der Waals surface area contributed by atoms with Crippen LogP contribution in [-0.2, 0) is 9.59 Å². The van der Waals surface area contributed by atoms with E-state index in [1.165, 1.54) is 0 Å². The van der Waals surface area contributed by atoms with E-state index in [0.29, 0.717) is 10.6 Å². The van der Waals surface area contributed by atoms with Crippen molar-refractivity contribution < 1.29 is 24.6 Å². The highest BCUT2D eigenvalue weighted by Crippen LogP contribution is 2.24. The number of carbonyl (C=O) groups excluding carboxylic acids is 1. The van der Waals surface area contributed by atoms with Crippen LogP contribution in [0.2, 0.25) is 0 Å². The van der Waals surface area contributed by atoms with Crippen LogP contribution >= 0.6 is 11.3 Å². The van der Waals surface area contributed by atoms with Crippen LogP contribution in [0.5, 0.6) is 0 Å². The molecule has 1 aromatic carbocycles. The summed E-state index contributed by atoms with van der Waals surface area (Å²) in [5, 5.41) is 22.8. The van der Waals surface area contributed by atoms with Crippen LogP contribution in [0.3, 0.4) is 0 Å². The molecule has 0 aliphatic carbocycles. The van der Waals surface area contributed by atoms with Gasteiger partial charge in [-0.1, -0.05) is 0 Å². The maximum absolute atomic E-state index is 11.9. The fourth-order valence-electron chi connectivity index (χ4n) is 1.77. The van der Waals surface area contributed by atoms with Gasteiger partial charge in [-0.15, -0.1) is 11.3 Å². The second-order valence-corrected chi connectivity index (χ2v) is 5.19. The summed E-state index contributed by atoms with van der Waals surface area (Å²) in [4.78, 5) is 34.0. The summed E-state index contributed by atoms with van der Waals surface area (Å²) in [5.41, 5.74) is 0.478. The monoisotopic (exact) mass is 308 g/mol. The number of fused-ring (bicyclic) bond motifs is 1. The first-order chi connectivity index (χ1) is 9.95. The number of hydrogen-bond acceptors (Lipinski definition) is 4. The zero-order valence-electron chi connectivity index (χ0n) is 10.8. The number of nitrogens with zero attached hydrogens (tertiary/aromatic N) is 1. The first-order valence-electron chi connectivity index (χ1n) is 5.92. The smallest absolute Gasteiger partial charge is 0.323 e. The number of anilines is 1. The van der Waals surface area contributed by atoms with Gasteiger partial charge in [0.2, 0.25) is 0 Å². The molecule has 1 heterocycles. The van der Waals surface area contributed by atoms with E-state index >= 15 is 0 Å². The lowest BCUT2D eigenvalue weighted by Gasteiger charge is -2.19. The maximum Gasteiger partial charge on any atom is 0.323 e. The number of carboxylic acid groups (broad SMARTS) is 2. The van der Waals surface area contributed by atoms with Crippen LogP contribution in [0.15, 0.2) is 29.6 Å². The molecule has 0 bridgehead atoms. The Morgan fingerprint density at radius 2 is 1.76 bits per heavy atom. The summed E-state index contributed by atoms with van der Waals surface area (Å²) >= 11 is 1.56. The maximum atomic E-state index is 11.9. The van der Waals surface area contributed by atoms with Crippen LogP contribution < -0.4 is 5.32 Å². The molecule has 2 amide bonds. The molecule has 2 aromatic rings. The largest absolute Gasteiger partial charge is 0.480 e. The van der Waals surface area contributed by atoms with E-state index in [0.717, 1.165) is 10.1 Å². The van der Waals surface area contributed by atoms with Crippen molar-refractivity contribution in [1.29, 1.82) is 0 Å². The summed E-state index contributed by atoms with van der Waals surface area (Å²) in [6.45, 7) is -1.36. The topological polar surface area (TPSA) is 107 Å². The summed E-state index contributed by atoms with van der Waals surface area (Å²) in [6, 6.07) is 6.37. The van der Waals surface area contributed by atoms with Crippen LogP contribution in [0.1, 0.15) is 0 Å². The SMILES string of the molecule is O=C(O)CN(CC(=O)O)C(=O)Nc1ccc2sccc2c1. The molecule has 0 fully saturated rings. The Balaban J connectivity index is 2.12. The summed E-state index contributed by atoms with van der Waals surface area (Å²) in [5.74, 6) is -2.56. The molecule has 21 heavy (non-hydrogen) atoms. The quantitative estimate of drug-likeness (QED) is 0.782. The second kappa shape index (κ2) is 6.23. The number of benzene rings is 1. The minimum Gasteiger partial charge on any atom is -0.480 e. The number of thiophene rings is 1. The second-order valence-electron chi connectivity index (χ2n) is 4.25. The van der Waals surface area contributed by atoms with Crippen LogP contribution in [0, 0.1) is 0 Å². The molecule has 110 valence electrons. The molecule has 2 rings (SSSR count). The van der Waals surface area contributed by atoms with Gasteiger partial charge in [0.05, 0.1) is 0 Å². The standard InChI is InChI=1S/C13H12N2O5S/c16-11(17)6-15(7-12(18)19)13(20)14-9-1-2-10-8(5-9)3-4-21-10/h1-5H,6-7H2,(H,14,20)(H,16,17)(H,18,19). The van der Waals surface area contributed by atoms with Gasteiger partial charge in [-0.2, -0.15) is 0 Å². The van der Waals surface area contributed by atoms with Gasteiger partial charge < -0.3 is 20.4 Å². The fraction of sp³-hybridized carbons (Fsp3) is 0.154. The van der Waals surface area contributed by atoms with Crippen molar-refractivity contribution in [3.8, 4) is 0 Å². The Morgan fingerprint density at radius 3 is 2.38 bits per heavy atom. The number of urea groups is 1.